The SMILES string of the molecule is Cc1nn2c(C3CCCCC3)c(-c3ccoc3)cnc2c1C(=O)O. The van der Waals surface area contributed by atoms with E-state index in [1.165, 1.54) is 19.3 Å². The first kappa shape index (κ1) is 14.9. The maximum Gasteiger partial charge on any atom is 0.341 e. The molecule has 1 N–H and O–H groups in total. The highest BCUT2D eigenvalue weighted by Crippen LogP contribution is 2.38. The zero-order valence-electron chi connectivity index (χ0n) is 13.5. The number of nitrogens with zero attached hydrogens (tertiary/aromatic N) is 3. The van der Waals surface area contributed by atoms with Gasteiger partial charge in [0.05, 0.1) is 23.9 Å². The van der Waals surface area contributed by atoms with Crippen LogP contribution in [0.15, 0.2) is 29.2 Å². The van der Waals surface area contributed by atoms with Crippen molar-refractivity contribution in [2.24, 2.45) is 0 Å². The smallest absolute Gasteiger partial charge is 0.341 e. The van der Waals surface area contributed by atoms with Crippen LogP contribution < -0.4 is 0 Å². The van der Waals surface area contributed by atoms with Crippen molar-refractivity contribution in [1.82, 2.24) is 14.6 Å². The van der Waals surface area contributed by atoms with E-state index in [1.807, 2.05) is 6.07 Å². The molecule has 0 atom stereocenters. The van der Waals surface area contributed by atoms with Crippen molar-refractivity contribution in [2.45, 2.75) is 44.9 Å². The van der Waals surface area contributed by atoms with Crippen molar-refractivity contribution in [2.75, 3.05) is 0 Å². The second-order valence-electron chi connectivity index (χ2n) is 6.41. The van der Waals surface area contributed by atoms with Gasteiger partial charge in [0.2, 0.25) is 0 Å². The number of carboxylic acids is 1. The predicted octanol–water partition coefficient (Wildman–Crippen LogP) is 4.04. The normalized spacial score (nSPS) is 15.9. The number of aromatic nitrogens is 3. The average Bonchev–Trinajstić information content (AvgIpc) is 3.21. The molecule has 0 amide bonds. The largest absolute Gasteiger partial charge is 0.477 e. The molecule has 0 bridgehead atoms. The molecule has 0 saturated heterocycles. The minimum atomic E-state index is -0.986. The summed E-state index contributed by atoms with van der Waals surface area (Å²) in [6.07, 6.45) is 10.9. The third kappa shape index (κ3) is 2.29. The molecule has 124 valence electrons. The molecule has 1 aliphatic carbocycles. The average molecular weight is 325 g/mol. The lowest BCUT2D eigenvalue weighted by Gasteiger charge is -2.24. The lowest BCUT2D eigenvalue weighted by molar-refractivity contribution is 0.0698. The van der Waals surface area contributed by atoms with Gasteiger partial charge in [-0.05, 0) is 25.8 Å². The summed E-state index contributed by atoms with van der Waals surface area (Å²) in [5.41, 5.74) is 4.09. The minimum Gasteiger partial charge on any atom is -0.477 e. The number of carbonyl (C=O) groups is 1. The molecule has 3 heterocycles. The van der Waals surface area contributed by atoms with Gasteiger partial charge >= 0.3 is 5.97 Å². The highest BCUT2D eigenvalue weighted by molar-refractivity contribution is 5.96. The summed E-state index contributed by atoms with van der Waals surface area (Å²) in [5.74, 6) is -0.629. The Labute approximate surface area is 139 Å². The van der Waals surface area contributed by atoms with E-state index >= 15 is 0 Å². The van der Waals surface area contributed by atoms with E-state index in [4.69, 9.17) is 4.42 Å². The molecular weight excluding hydrogens is 306 g/mol. The molecule has 1 saturated carbocycles. The Balaban J connectivity index is 2.00. The number of aryl methyl sites for hydroxylation is 1. The molecule has 4 rings (SSSR count). The third-order valence-electron chi connectivity index (χ3n) is 4.89. The highest BCUT2D eigenvalue weighted by Gasteiger charge is 2.27. The Morgan fingerprint density at radius 3 is 2.79 bits per heavy atom. The molecule has 0 aromatic carbocycles. The van der Waals surface area contributed by atoms with Gasteiger partial charge in [0.25, 0.3) is 0 Å². The topological polar surface area (TPSA) is 80.6 Å². The van der Waals surface area contributed by atoms with Gasteiger partial charge in [0.1, 0.15) is 5.56 Å². The van der Waals surface area contributed by atoms with Crippen molar-refractivity contribution < 1.29 is 14.3 Å². The van der Waals surface area contributed by atoms with Crippen LogP contribution in [0.2, 0.25) is 0 Å². The number of hydrogen-bond acceptors (Lipinski definition) is 4. The maximum absolute atomic E-state index is 11.6. The van der Waals surface area contributed by atoms with E-state index in [9.17, 15) is 9.90 Å². The van der Waals surface area contributed by atoms with E-state index < -0.39 is 5.97 Å². The zero-order chi connectivity index (χ0) is 16.7. The first-order chi connectivity index (χ1) is 11.7. The van der Waals surface area contributed by atoms with E-state index in [1.54, 1.807) is 30.2 Å². The number of aromatic carboxylic acids is 1. The van der Waals surface area contributed by atoms with Gasteiger partial charge in [-0.25, -0.2) is 14.3 Å². The molecule has 24 heavy (non-hydrogen) atoms. The fraction of sp³-hybridized carbons (Fsp3) is 0.389. The Morgan fingerprint density at radius 1 is 1.33 bits per heavy atom. The summed E-state index contributed by atoms with van der Waals surface area (Å²) in [6.45, 7) is 1.72. The van der Waals surface area contributed by atoms with Gasteiger partial charge in [0.15, 0.2) is 5.65 Å². The van der Waals surface area contributed by atoms with E-state index in [2.05, 4.69) is 10.1 Å². The van der Waals surface area contributed by atoms with Crippen LogP contribution in [0.1, 0.15) is 59.8 Å². The molecular formula is C18H19N3O3. The fourth-order valence-corrected chi connectivity index (χ4v) is 3.77. The fourth-order valence-electron chi connectivity index (χ4n) is 3.77. The van der Waals surface area contributed by atoms with Crippen LogP contribution in [0.3, 0.4) is 0 Å². The molecule has 1 fully saturated rings. The second-order valence-corrected chi connectivity index (χ2v) is 6.41. The van der Waals surface area contributed by atoms with Crippen molar-refractivity contribution in [1.29, 1.82) is 0 Å². The standard InChI is InChI=1S/C18H19N3O3/c1-11-15(18(22)23)17-19-9-14(13-7-8-24-10-13)16(21(17)20-11)12-5-3-2-4-6-12/h7-10,12H,2-6H2,1H3,(H,22,23). The van der Waals surface area contributed by atoms with Crippen molar-refractivity contribution in [3.05, 3.63) is 41.7 Å². The molecule has 3 aromatic heterocycles. The molecule has 0 aliphatic heterocycles. The lowest BCUT2D eigenvalue weighted by Crippen LogP contribution is -2.13. The van der Waals surface area contributed by atoms with Crippen molar-refractivity contribution >= 4 is 11.6 Å². The van der Waals surface area contributed by atoms with Crippen LogP contribution in [0.5, 0.6) is 0 Å². The number of fused-ring (bicyclic) bond motifs is 1. The van der Waals surface area contributed by atoms with E-state index in [0.717, 1.165) is 29.7 Å². The van der Waals surface area contributed by atoms with Gasteiger partial charge < -0.3 is 9.52 Å². The number of furan rings is 1. The number of hydrogen-bond donors (Lipinski definition) is 1. The Bertz CT molecular complexity index is 890. The quantitative estimate of drug-likeness (QED) is 0.786. The summed E-state index contributed by atoms with van der Waals surface area (Å²) < 4.78 is 6.99. The third-order valence-corrected chi connectivity index (χ3v) is 4.89. The molecule has 6 heteroatoms. The summed E-state index contributed by atoms with van der Waals surface area (Å²) in [5, 5.41) is 14.0. The van der Waals surface area contributed by atoms with Gasteiger partial charge in [-0.3, -0.25) is 0 Å². The summed E-state index contributed by atoms with van der Waals surface area (Å²) in [6, 6.07) is 1.91. The first-order valence-electron chi connectivity index (χ1n) is 8.31. The monoisotopic (exact) mass is 325 g/mol. The van der Waals surface area contributed by atoms with Crippen LogP contribution in [-0.2, 0) is 0 Å². The Hall–Kier alpha value is -2.63. The van der Waals surface area contributed by atoms with Gasteiger partial charge in [-0.1, -0.05) is 19.3 Å². The van der Waals surface area contributed by atoms with Crippen LogP contribution in [0.4, 0.5) is 0 Å². The minimum absolute atomic E-state index is 0.186. The molecule has 1 aliphatic rings. The molecule has 3 aromatic rings. The Morgan fingerprint density at radius 2 is 2.12 bits per heavy atom. The predicted molar refractivity (Wildman–Crippen MR) is 88.2 cm³/mol. The van der Waals surface area contributed by atoms with Gasteiger partial charge in [0, 0.05) is 23.2 Å². The maximum atomic E-state index is 11.6. The van der Waals surface area contributed by atoms with Crippen LogP contribution in [-0.4, -0.2) is 25.7 Å². The van der Waals surface area contributed by atoms with Crippen molar-refractivity contribution in [3.63, 3.8) is 0 Å². The van der Waals surface area contributed by atoms with E-state index in [-0.39, 0.29) is 5.56 Å². The molecule has 0 radical (unpaired) electrons. The Kier molecular flexibility index (Phi) is 3.59. The lowest BCUT2D eigenvalue weighted by atomic mass is 9.84. The number of carboxylic acid groups (broad SMARTS) is 1. The summed E-state index contributed by atoms with van der Waals surface area (Å²) in [7, 11) is 0. The van der Waals surface area contributed by atoms with Gasteiger partial charge in [-0.15, -0.1) is 0 Å². The van der Waals surface area contributed by atoms with Crippen LogP contribution >= 0.6 is 0 Å². The first-order valence-corrected chi connectivity index (χ1v) is 8.31. The zero-order valence-corrected chi connectivity index (χ0v) is 13.5. The van der Waals surface area contributed by atoms with Gasteiger partial charge in [-0.2, -0.15) is 5.10 Å². The van der Waals surface area contributed by atoms with Crippen molar-refractivity contribution in [3.8, 4) is 11.1 Å². The second kappa shape index (κ2) is 5.78. The number of rotatable bonds is 3. The molecule has 0 spiro atoms. The van der Waals surface area contributed by atoms with E-state index in [0.29, 0.717) is 17.3 Å². The van der Waals surface area contributed by atoms with Crippen LogP contribution in [0, 0.1) is 6.92 Å². The molecule has 0 unspecified atom stereocenters. The molecule has 6 nitrogen and oxygen atoms in total. The summed E-state index contributed by atoms with van der Waals surface area (Å²) >= 11 is 0. The highest BCUT2D eigenvalue weighted by atomic mass is 16.4. The van der Waals surface area contributed by atoms with Crippen LogP contribution in [0.25, 0.3) is 16.8 Å². The summed E-state index contributed by atoms with van der Waals surface area (Å²) in [4.78, 5) is 16.0.